The van der Waals surface area contributed by atoms with Crippen LogP contribution in [0.5, 0.6) is 0 Å². The van der Waals surface area contributed by atoms with Crippen molar-refractivity contribution in [2.24, 2.45) is 0 Å². The number of hydrogen-bond acceptors (Lipinski definition) is 8. The van der Waals surface area contributed by atoms with Crippen molar-refractivity contribution < 1.29 is 17.4 Å². The molecule has 1 saturated heterocycles. The molecule has 2 aromatic heterocycles. The van der Waals surface area contributed by atoms with Crippen molar-refractivity contribution in [3.63, 3.8) is 0 Å². The largest absolute Gasteiger partial charge is 0.345 e. The molecule has 5 rings (SSSR count). The quantitative estimate of drug-likeness (QED) is 0.497. The van der Waals surface area contributed by atoms with E-state index >= 15 is 0 Å². The molecular weight excluding hydrogens is 492 g/mol. The Balaban J connectivity index is 1.29. The van der Waals surface area contributed by atoms with Crippen LogP contribution in [0.25, 0.3) is 0 Å². The van der Waals surface area contributed by atoms with E-state index in [0.717, 1.165) is 29.8 Å². The average molecular weight is 517 g/mol. The maximum atomic E-state index is 13.4. The fourth-order valence-electron chi connectivity index (χ4n) is 4.03. The fourth-order valence-corrected chi connectivity index (χ4v) is 6.95. The van der Waals surface area contributed by atoms with Gasteiger partial charge in [-0.1, -0.05) is 17.4 Å². The third kappa shape index (κ3) is 4.77. The summed E-state index contributed by atoms with van der Waals surface area (Å²) in [5.74, 6) is 0.217. The van der Waals surface area contributed by atoms with Crippen molar-refractivity contribution in [2.45, 2.75) is 32.8 Å². The van der Waals surface area contributed by atoms with Gasteiger partial charge in [0.05, 0.1) is 21.9 Å². The van der Waals surface area contributed by atoms with Gasteiger partial charge in [-0.05, 0) is 48.6 Å². The van der Waals surface area contributed by atoms with E-state index in [1.807, 2.05) is 0 Å². The van der Waals surface area contributed by atoms with Gasteiger partial charge in [0, 0.05) is 55.3 Å². The van der Waals surface area contributed by atoms with Crippen LogP contribution in [0.4, 0.5) is 5.13 Å². The molecule has 34 heavy (non-hydrogen) atoms. The maximum Gasteiger partial charge on any atom is 0.254 e. The van der Waals surface area contributed by atoms with Crippen molar-refractivity contribution in [3.8, 4) is 0 Å². The number of pyridine rings is 1. The summed E-state index contributed by atoms with van der Waals surface area (Å²) >= 11 is 1.39. The van der Waals surface area contributed by atoms with Gasteiger partial charge in [-0.25, -0.2) is 17.6 Å². The molecule has 0 N–H and O–H groups in total. The molecule has 11 heteroatoms. The van der Waals surface area contributed by atoms with E-state index in [1.165, 1.54) is 11.3 Å². The van der Waals surface area contributed by atoms with Crippen LogP contribution in [-0.2, 0) is 20.6 Å². The molecule has 0 radical (unpaired) electrons. The first-order chi connectivity index (χ1) is 16.3. The average Bonchev–Trinajstić information content (AvgIpc) is 3.58. The highest BCUT2D eigenvalue weighted by Crippen LogP contribution is 2.42. The van der Waals surface area contributed by atoms with E-state index < -0.39 is 20.6 Å². The highest BCUT2D eigenvalue weighted by Gasteiger charge is 2.32. The van der Waals surface area contributed by atoms with Crippen molar-refractivity contribution in [1.82, 2.24) is 14.9 Å². The first-order valence-corrected chi connectivity index (χ1v) is 14.8. The Morgan fingerprint density at radius 2 is 1.79 bits per heavy atom. The number of carbonyl (C=O) groups excluding carboxylic acids is 1. The van der Waals surface area contributed by atoms with Crippen LogP contribution in [0, 0.1) is 0 Å². The lowest BCUT2D eigenvalue weighted by Gasteiger charge is -2.35. The number of rotatable bonds is 6. The van der Waals surface area contributed by atoms with Gasteiger partial charge in [-0.3, -0.25) is 9.78 Å². The van der Waals surface area contributed by atoms with E-state index in [0.29, 0.717) is 46.8 Å². The zero-order valence-corrected chi connectivity index (χ0v) is 21.0. The SMILES string of the molecule is CS(=O)(=O)c1ccc(C2CC2)c(C(=O)N2CCN(c3ncc(S(=O)c4ccncc4)s3)CC2)c1. The predicted octanol–water partition coefficient (Wildman–Crippen LogP) is 2.95. The molecule has 1 aliphatic carbocycles. The molecule has 1 atom stereocenters. The van der Waals surface area contributed by atoms with Crippen molar-refractivity contribution in [1.29, 1.82) is 0 Å². The van der Waals surface area contributed by atoms with Crippen molar-refractivity contribution in [2.75, 3.05) is 37.3 Å². The number of carbonyl (C=O) groups is 1. The molecule has 3 aromatic rings. The predicted molar refractivity (Wildman–Crippen MR) is 131 cm³/mol. The smallest absolute Gasteiger partial charge is 0.254 e. The molecule has 8 nitrogen and oxygen atoms in total. The Morgan fingerprint density at radius 1 is 1.09 bits per heavy atom. The van der Waals surface area contributed by atoms with E-state index in [-0.39, 0.29) is 10.8 Å². The molecule has 1 amide bonds. The van der Waals surface area contributed by atoms with Crippen LogP contribution < -0.4 is 4.90 Å². The number of hydrogen-bond donors (Lipinski definition) is 0. The standard InChI is InChI=1S/C23H24N4O4S3/c1-34(30,31)18-4-5-19(16-2-3-16)20(14-18)22(28)26-10-12-27(13-11-26)23-25-15-21(32-23)33(29)17-6-8-24-9-7-17/h4-9,14-16H,2-3,10-13H2,1H3. The minimum Gasteiger partial charge on any atom is -0.345 e. The van der Waals surface area contributed by atoms with Crippen LogP contribution in [0.15, 0.2) is 62.9 Å². The molecule has 3 heterocycles. The van der Waals surface area contributed by atoms with E-state index in [4.69, 9.17) is 0 Å². The number of amides is 1. The lowest BCUT2D eigenvalue weighted by atomic mass is 10.0. The van der Waals surface area contributed by atoms with Crippen molar-refractivity contribution in [3.05, 3.63) is 60.0 Å². The molecule has 1 saturated carbocycles. The second kappa shape index (κ2) is 9.20. The van der Waals surface area contributed by atoms with Gasteiger partial charge in [0.15, 0.2) is 15.0 Å². The number of benzene rings is 1. The first kappa shape index (κ1) is 23.1. The summed E-state index contributed by atoms with van der Waals surface area (Å²) in [6.07, 6.45) is 8.10. The summed E-state index contributed by atoms with van der Waals surface area (Å²) in [7, 11) is -4.70. The Bertz CT molecular complexity index is 1350. The number of anilines is 1. The van der Waals surface area contributed by atoms with Crippen LogP contribution in [0.2, 0.25) is 0 Å². The van der Waals surface area contributed by atoms with Crippen LogP contribution in [0.1, 0.15) is 34.7 Å². The molecule has 2 aliphatic rings. The lowest BCUT2D eigenvalue weighted by molar-refractivity contribution is 0.0745. The monoisotopic (exact) mass is 516 g/mol. The summed E-state index contributed by atoms with van der Waals surface area (Å²) in [4.78, 5) is 26.5. The van der Waals surface area contributed by atoms with Gasteiger partial charge in [0.1, 0.15) is 4.21 Å². The Hall–Kier alpha value is -2.63. The van der Waals surface area contributed by atoms with Crippen LogP contribution >= 0.6 is 11.3 Å². The van der Waals surface area contributed by atoms with Gasteiger partial charge in [-0.2, -0.15) is 0 Å². The van der Waals surface area contributed by atoms with E-state index in [1.54, 1.807) is 53.8 Å². The first-order valence-electron chi connectivity index (χ1n) is 11.0. The zero-order valence-electron chi connectivity index (χ0n) is 18.6. The fraction of sp³-hybridized carbons (Fsp3) is 0.348. The maximum absolute atomic E-state index is 13.4. The molecular formula is C23H24N4O4S3. The Labute approximate surface area is 205 Å². The molecule has 1 aliphatic heterocycles. The Kier molecular flexibility index (Phi) is 6.26. The highest BCUT2D eigenvalue weighted by atomic mass is 32.2. The number of thiazole rings is 1. The topological polar surface area (TPSA) is 101 Å². The third-order valence-electron chi connectivity index (χ3n) is 6.06. The summed E-state index contributed by atoms with van der Waals surface area (Å²) in [5.41, 5.74) is 1.45. The van der Waals surface area contributed by atoms with E-state index in [9.17, 15) is 17.4 Å². The highest BCUT2D eigenvalue weighted by molar-refractivity contribution is 7.90. The number of nitrogens with zero attached hydrogens (tertiary/aromatic N) is 4. The van der Waals surface area contributed by atoms with Gasteiger partial charge < -0.3 is 9.80 Å². The Morgan fingerprint density at radius 3 is 2.44 bits per heavy atom. The second-order valence-corrected chi connectivity index (χ2v) is 13.2. The molecule has 1 aromatic carbocycles. The third-order valence-corrected chi connectivity index (χ3v) is 9.90. The van der Waals surface area contributed by atoms with Crippen LogP contribution in [0.3, 0.4) is 0 Å². The second-order valence-electron chi connectivity index (χ2n) is 8.49. The van der Waals surface area contributed by atoms with Crippen LogP contribution in [-0.4, -0.2) is 65.8 Å². The zero-order chi connectivity index (χ0) is 23.9. The molecule has 178 valence electrons. The summed E-state index contributed by atoms with van der Waals surface area (Å²) < 4.78 is 37.6. The summed E-state index contributed by atoms with van der Waals surface area (Å²) in [5, 5.41) is 0.780. The van der Waals surface area contributed by atoms with Gasteiger partial charge in [-0.15, -0.1) is 0 Å². The molecule has 2 fully saturated rings. The molecule has 0 bridgehead atoms. The number of piperazine rings is 1. The van der Waals surface area contributed by atoms with Gasteiger partial charge >= 0.3 is 0 Å². The summed E-state index contributed by atoms with van der Waals surface area (Å²) in [6.45, 7) is 2.22. The van der Waals surface area contributed by atoms with E-state index in [2.05, 4.69) is 14.9 Å². The minimum atomic E-state index is -3.40. The molecule has 1 unspecified atom stereocenters. The number of sulfone groups is 1. The lowest BCUT2D eigenvalue weighted by Crippen LogP contribution is -2.49. The van der Waals surface area contributed by atoms with Crippen molar-refractivity contribution >= 4 is 43.0 Å². The summed E-state index contributed by atoms with van der Waals surface area (Å²) in [6, 6.07) is 8.41. The normalized spacial score (nSPS) is 17.6. The van der Waals surface area contributed by atoms with Gasteiger partial charge in [0.25, 0.3) is 5.91 Å². The molecule has 0 spiro atoms. The van der Waals surface area contributed by atoms with Gasteiger partial charge in [0.2, 0.25) is 0 Å². The number of aromatic nitrogens is 2. The minimum absolute atomic E-state index is 0.120.